The van der Waals surface area contributed by atoms with Gasteiger partial charge in [0.2, 0.25) is 0 Å². The Balaban J connectivity index is 1.62. The molecule has 0 aliphatic carbocycles. The van der Waals surface area contributed by atoms with Crippen LogP contribution in [0.1, 0.15) is 40.7 Å². The van der Waals surface area contributed by atoms with Crippen molar-refractivity contribution in [1.29, 1.82) is 5.26 Å². The third kappa shape index (κ3) is 4.18. The molecule has 4 nitrogen and oxygen atoms in total. The second-order valence-corrected chi connectivity index (χ2v) is 6.70. The minimum Gasteiger partial charge on any atom is -0.338 e. The predicted molar refractivity (Wildman–Crippen MR) is 99.6 cm³/mol. The van der Waals surface area contributed by atoms with E-state index in [1.165, 1.54) is 0 Å². The highest BCUT2D eigenvalue weighted by atomic mass is 16.2. The summed E-state index contributed by atoms with van der Waals surface area (Å²) in [5, 5.41) is 9.21. The van der Waals surface area contributed by atoms with Crippen molar-refractivity contribution in [2.45, 2.75) is 25.7 Å². The average Bonchev–Trinajstić information content (AvgIpc) is 2.72. The fourth-order valence-electron chi connectivity index (χ4n) is 3.48. The molecule has 26 heavy (non-hydrogen) atoms. The van der Waals surface area contributed by atoms with E-state index in [1.807, 2.05) is 30.3 Å². The van der Waals surface area contributed by atoms with Crippen LogP contribution in [-0.2, 0) is 11.2 Å². The second-order valence-electron chi connectivity index (χ2n) is 6.70. The molecule has 0 spiro atoms. The van der Waals surface area contributed by atoms with Gasteiger partial charge in [-0.1, -0.05) is 42.5 Å². The lowest BCUT2D eigenvalue weighted by atomic mass is 9.90. The van der Waals surface area contributed by atoms with Gasteiger partial charge in [-0.2, -0.15) is 5.26 Å². The molecule has 0 bridgehead atoms. The lowest BCUT2D eigenvalue weighted by molar-refractivity contribution is -0.124. The van der Waals surface area contributed by atoms with Gasteiger partial charge in [-0.3, -0.25) is 9.59 Å². The quantitative estimate of drug-likeness (QED) is 0.831. The Hall–Kier alpha value is -2.93. The van der Waals surface area contributed by atoms with E-state index in [4.69, 9.17) is 0 Å². The zero-order chi connectivity index (χ0) is 18.4. The van der Waals surface area contributed by atoms with Gasteiger partial charge < -0.3 is 4.90 Å². The molecular formula is C22H22N2O2. The first-order valence-electron chi connectivity index (χ1n) is 9.04. The maximum absolute atomic E-state index is 12.8. The van der Waals surface area contributed by atoms with E-state index >= 15 is 0 Å². The number of ketones is 1. The zero-order valence-electron chi connectivity index (χ0n) is 14.7. The number of likely N-dealkylation sites (tertiary alicyclic amines) is 1. The summed E-state index contributed by atoms with van der Waals surface area (Å²) in [6, 6.07) is 18.9. The van der Waals surface area contributed by atoms with E-state index in [0.29, 0.717) is 30.6 Å². The SMILES string of the molecule is N#Cc1ccccc1C(=O)N1CCC[C@H](C(=O)CCc2ccccc2)C1. The second kappa shape index (κ2) is 8.44. The molecule has 1 heterocycles. The molecule has 0 saturated carbocycles. The molecule has 3 rings (SSSR count). The van der Waals surface area contributed by atoms with Crippen molar-refractivity contribution in [3.63, 3.8) is 0 Å². The van der Waals surface area contributed by atoms with Gasteiger partial charge >= 0.3 is 0 Å². The van der Waals surface area contributed by atoms with Gasteiger partial charge in [0.05, 0.1) is 17.2 Å². The highest BCUT2D eigenvalue weighted by Crippen LogP contribution is 2.22. The Morgan fingerprint density at radius 3 is 2.58 bits per heavy atom. The number of carbonyl (C=O) groups is 2. The number of hydrogen-bond acceptors (Lipinski definition) is 3. The Bertz CT molecular complexity index is 824. The molecule has 0 N–H and O–H groups in total. The van der Waals surface area contributed by atoms with E-state index in [2.05, 4.69) is 6.07 Å². The van der Waals surface area contributed by atoms with Crippen LogP contribution < -0.4 is 0 Å². The summed E-state index contributed by atoms with van der Waals surface area (Å²) in [7, 11) is 0. The summed E-state index contributed by atoms with van der Waals surface area (Å²) in [6.07, 6.45) is 2.90. The maximum atomic E-state index is 12.8. The zero-order valence-corrected chi connectivity index (χ0v) is 14.7. The van der Waals surface area contributed by atoms with Crippen LogP contribution in [0.15, 0.2) is 54.6 Å². The van der Waals surface area contributed by atoms with Gasteiger partial charge in [0.15, 0.2) is 0 Å². The molecule has 4 heteroatoms. The van der Waals surface area contributed by atoms with Crippen LogP contribution in [0, 0.1) is 17.2 Å². The molecule has 0 radical (unpaired) electrons. The van der Waals surface area contributed by atoms with Crippen LogP contribution >= 0.6 is 0 Å². The molecule has 2 aromatic rings. The standard InChI is InChI=1S/C22H22N2O2/c23-15-18-9-4-5-11-20(18)22(26)24-14-6-10-19(16-24)21(25)13-12-17-7-2-1-3-8-17/h1-5,7-9,11,19H,6,10,12-14,16H2/t19-/m0/s1. The lowest BCUT2D eigenvalue weighted by Crippen LogP contribution is -2.42. The number of piperidine rings is 1. The third-order valence-corrected chi connectivity index (χ3v) is 4.94. The number of rotatable bonds is 5. The van der Waals surface area contributed by atoms with Crippen molar-refractivity contribution < 1.29 is 9.59 Å². The van der Waals surface area contributed by atoms with Gasteiger partial charge in [0, 0.05) is 25.4 Å². The van der Waals surface area contributed by atoms with Crippen LogP contribution in [0.3, 0.4) is 0 Å². The molecule has 2 aromatic carbocycles. The number of aryl methyl sites for hydroxylation is 1. The Morgan fingerprint density at radius 2 is 1.81 bits per heavy atom. The van der Waals surface area contributed by atoms with E-state index < -0.39 is 0 Å². The first kappa shape index (κ1) is 17.9. The first-order valence-corrected chi connectivity index (χ1v) is 9.04. The van der Waals surface area contributed by atoms with Crippen molar-refractivity contribution in [1.82, 2.24) is 4.90 Å². The summed E-state index contributed by atoms with van der Waals surface area (Å²) in [6.45, 7) is 1.09. The molecule has 1 saturated heterocycles. The van der Waals surface area contributed by atoms with Gasteiger partial charge in [0.1, 0.15) is 5.78 Å². The number of nitriles is 1. The molecule has 1 amide bonds. The normalized spacial score (nSPS) is 16.7. The number of benzene rings is 2. The predicted octanol–water partition coefficient (Wildman–Crippen LogP) is 3.61. The molecular weight excluding hydrogens is 324 g/mol. The van der Waals surface area contributed by atoms with E-state index in [9.17, 15) is 14.9 Å². The van der Waals surface area contributed by atoms with Crippen molar-refractivity contribution >= 4 is 11.7 Å². The Morgan fingerprint density at radius 1 is 1.08 bits per heavy atom. The largest absolute Gasteiger partial charge is 0.338 e. The molecule has 1 atom stereocenters. The third-order valence-electron chi connectivity index (χ3n) is 4.94. The molecule has 1 fully saturated rings. The van der Waals surface area contributed by atoms with Gasteiger partial charge in [-0.25, -0.2) is 0 Å². The van der Waals surface area contributed by atoms with Crippen LogP contribution in [0.4, 0.5) is 0 Å². The fourth-order valence-corrected chi connectivity index (χ4v) is 3.48. The van der Waals surface area contributed by atoms with Crippen LogP contribution in [0.5, 0.6) is 0 Å². The van der Waals surface area contributed by atoms with Crippen LogP contribution in [0.25, 0.3) is 0 Å². The van der Waals surface area contributed by atoms with E-state index in [0.717, 1.165) is 24.8 Å². The monoisotopic (exact) mass is 346 g/mol. The number of amides is 1. The van der Waals surface area contributed by atoms with E-state index in [1.54, 1.807) is 29.2 Å². The van der Waals surface area contributed by atoms with E-state index in [-0.39, 0.29) is 17.6 Å². The minimum absolute atomic E-state index is 0.106. The number of Topliss-reactive ketones (excluding diaryl/α,β-unsaturated/α-hetero) is 1. The summed E-state index contributed by atoms with van der Waals surface area (Å²) >= 11 is 0. The van der Waals surface area contributed by atoms with Crippen molar-refractivity contribution in [2.75, 3.05) is 13.1 Å². The summed E-state index contributed by atoms with van der Waals surface area (Å²) < 4.78 is 0. The molecule has 132 valence electrons. The fraction of sp³-hybridized carbons (Fsp3) is 0.318. The van der Waals surface area contributed by atoms with Gasteiger partial charge in [-0.15, -0.1) is 0 Å². The number of hydrogen-bond donors (Lipinski definition) is 0. The highest BCUT2D eigenvalue weighted by Gasteiger charge is 2.29. The average molecular weight is 346 g/mol. The summed E-state index contributed by atoms with van der Waals surface area (Å²) in [5.74, 6) is -0.0340. The lowest BCUT2D eigenvalue weighted by Gasteiger charge is -2.32. The van der Waals surface area contributed by atoms with Crippen molar-refractivity contribution in [3.8, 4) is 6.07 Å². The summed E-state index contributed by atoms with van der Waals surface area (Å²) in [4.78, 5) is 27.1. The Labute approximate surface area is 154 Å². The van der Waals surface area contributed by atoms with Gasteiger partial charge in [0.25, 0.3) is 5.91 Å². The topological polar surface area (TPSA) is 61.2 Å². The number of nitrogens with zero attached hydrogens (tertiary/aromatic N) is 2. The molecule has 1 aliphatic heterocycles. The van der Waals surface area contributed by atoms with Crippen LogP contribution in [0.2, 0.25) is 0 Å². The molecule has 0 aromatic heterocycles. The Kier molecular flexibility index (Phi) is 5.80. The van der Waals surface area contributed by atoms with Crippen LogP contribution in [-0.4, -0.2) is 29.7 Å². The van der Waals surface area contributed by atoms with Crippen molar-refractivity contribution in [2.24, 2.45) is 5.92 Å². The van der Waals surface area contributed by atoms with Crippen molar-refractivity contribution in [3.05, 3.63) is 71.3 Å². The highest BCUT2D eigenvalue weighted by molar-refractivity contribution is 5.97. The summed E-state index contributed by atoms with van der Waals surface area (Å²) in [5.41, 5.74) is 1.97. The molecule has 1 aliphatic rings. The number of carbonyl (C=O) groups excluding carboxylic acids is 2. The molecule has 0 unspecified atom stereocenters. The maximum Gasteiger partial charge on any atom is 0.255 e. The first-order chi connectivity index (χ1) is 12.7. The minimum atomic E-state index is -0.150. The van der Waals surface area contributed by atoms with Gasteiger partial charge in [-0.05, 0) is 37.0 Å². The smallest absolute Gasteiger partial charge is 0.255 e.